The number of aliphatic hydroxyl groups excluding tert-OH is 1. The summed E-state index contributed by atoms with van der Waals surface area (Å²) in [4.78, 5) is 43.0. The van der Waals surface area contributed by atoms with Crippen LogP contribution in [-0.2, 0) is 27.3 Å². The third-order valence-corrected chi connectivity index (χ3v) is 7.18. The van der Waals surface area contributed by atoms with Crippen LogP contribution in [0, 0.1) is 5.92 Å². The molecule has 3 aromatic carbocycles. The number of aromatic nitrogens is 1. The first-order valence-corrected chi connectivity index (χ1v) is 14.6. The van der Waals surface area contributed by atoms with Crippen LogP contribution in [0.5, 0.6) is 0 Å². The van der Waals surface area contributed by atoms with Gasteiger partial charge in [-0.3, -0.25) is 9.78 Å². The molecule has 3 N–H and O–H groups in total. The first kappa shape index (κ1) is 32.6. The van der Waals surface area contributed by atoms with Crippen molar-refractivity contribution in [1.82, 2.24) is 15.6 Å². The number of rotatable bonds is 13. The number of carbonyl (C=O) groups excluding carboxylic acids is 3. The molecule has 0 saturated carbocycles. The minimum absolute atomic E-state index is 0.0649. The molecule has 2 amide bonds. The quantitative estimate of drug-likeness (QED) is 0.177. The second-order valence-electron chi connectivity index (χ2n) is 10.5. The lowest BCUT2D eigenvalue weighted by molar-refractivity contribution is -0.124. The van der Waals surface area contributed by atoms with Gasteiger partial charge in [0.2, 0.25) is 5.91 Å². The second kappa shape index (κ2) is 16.5. The monoisotopic (exact) mass is 607 g/mol. The Hall–Kier alpha value is -5.28. The molecule has 0 aliphatic rings. The molecule has 0 spiro atoms. The van der Waals surface area contributed by atoms with Crippen molar-refractivity contribution in [2.45, 2.75) is 32.0 Å². The van der Waals surface area contributed by atoms with Crippen LogP contribution in [0.15, 0.2) is 116 Å². The van der Waals surface area contributed by atoms with E-state index in [1.54, 1.807) is 55.7 Å². The maximum absolute atomic E-state index is 13.4. The van der Waals surface area contributed by atoms with Crippen LogP contribution in [0.1, 0.15) is 45.6 Å². The van der Waals surface area contributed by atoms with E-state index >= 15 is 0 Å². The SMILES string of the molecule is COC(=O)c1ccc(C(NC(=O)OCc2ccccc2)/C(=C/[C@@H](C)C(=O)N[C@@H](CO)Cc2ccccc2)c2cccnc2)cc1. The Morgan fingerprint density at radius 2 is 1.51 bits per heavy atom. The lowest BCUT2D eigenvalue weighted by atomic mass is 9.90. The molecule has 9 heteroatoms. The van der Waals surface area contributed by atoms with E-state index in [9.17, 15) is 19.5 Å². The van der Waals surface area contributed by atoms with Crippen molar-refractivity contribution in [3.05, 3.63) is 143 Å². The van der Waals surface area contributed by atoms with Crippen molar-refractivity contribution in [3.8, 4) is 0 Å². The number of amides is 2. The van der Waals surface area contributed by atoms with Gasteiger partial charge in [-0.1, -0.05) is 91.9 Å². The highest BCUT2D eigenvalue weighted by Crippen LogP contribution is 2.32. The third kappa shape index (κ3) is 9.61. The fourth-order valence-electron chi connectivity index (χ4n) is 4.78. The number of esters is 1. The van der Waals surface area contributed by atoms with E-state index in [1.165, 1.54) is 7.11 Å². The number of hydrogen-bond acceptors (Lipinski definition) is 7. The van der Waals surface area contributed by atoms with Gasteiger partial charge in [-0.05, 0) is 52.4 Å². The van der Waals surface area contributed by atoms with Crippen molar-refractivity contribution in [2.24, 2.45) is 5.92 Å². The van der Waals surface area contributed by atoms with Crippen LogP contribution in [0.25, 0.3) is 5.57 Å². The molecule has 0 saturated heterocycles. The number of nitrogens with zero attached hydrogens (tertiary/aromatic N) is 1. The number of alkyl carbamates (subject to hydrolysis) is 1. The number of ether oxygens (including phenoxy) is 2. The molecule has 1 unspecified atom stereocenters. The molecule has 0 aliphatic heterocycles. The first-order valence-electron chi connectivity index (χ1n) is 14.6. The van der Waals surface area contributed by atoms with Gasteiger partial charge in [0.25, 0.3) is 0 Å². The van der Waals surface area contributed by atoms with Gasteiger partial charge in [-0.25, -0.2) is 9.59 Å². The second-order valence-corrected chi connectivity index (χ2v) is 10.5. The summed E-state index contributed by atoms with van der Waals surface area (Å²) in [5.41, 5.74) is 4.07. The van der Waals surface area contributed by atoms with Crippen molar-refractivity contribution < 1.29 is 29.0 Å². The van der Waals surface area contributed by atoms with Crippen LogP contribution in [0.2, 0.25) is 0 Å². The van der Waals surface area contributed by atoms with Gasteiger partial charge in [0, 0.05) is 12.4 Å². The molecule has 1 aromatic heterocycles. The van der Waals surface area contributed by atoms with Gasteiger partial charge < -0.3 is 25.2 Å². The van der Waals surface area contributed by atoms with Crippen LogP contribution in [-0.4, -0.2) is 47.8 Å². The van der Waals surface area contributed by atoms with Crippen LogP contribution < -0.4 is 10.6 Å². The van der Waals surface area contributed by atoms with E-state index < -0.39 is 30.1 Å². The molecule has 1 heterocycles. The Balaban J connectivity index is 1.65. The molecule has 9 nitrogen and oxygen atoms in total. The zero-order valence-corrected chi connectivity index (χ0v) is 25.3. The van der Waals surface area contributed by atoms with Crippen molar-refractivity contribution in [3.63, 3.8) is 0 Å². The molecule has 0 bridgehead atoms. The van der Waals surface area contributed by atoms with E-state index in [4.69, 9.17) is 9.47 Å². The number of carbonyl (C=O) groups is 3. The van der Waals surface area contributed by atoms with Crippen LogP contribution in [0.4, 0.5) is 4.79 Å². The Labute approximate surface area is 262 Å². The Morgan fingerprint density at radius 3 is 2.11 bits per heavy atom. The average molecular weight is 608 g/mol. The fourth-order valence-corrected chi connectivity index (χ4v) is 4.78. The standard InChI is InChI=1S/C36H37N3O6/c1-25(34(41)38-31(23-40)21-26-10-5-3-6-11-26)20-32(30-14-9-19-37-22-30)33(28-15-17-29(18-16-28)35(42)44-2)39-36(43)45-24-27-12-7-4-8-13-27/h3-20,22,25,31,33,40H,21,23-24H2,1-2H3,(H,38,41)(H,39,43)/b32-20+/t25-,31-,33?/m1/s1. The minimum Gasteiger partial charge on any atom is -0.465 e. The van der Waals surface area contributed by atoms with E-state index in [-0.39, 0.29) is 19.1 Å². The zero-order valence-electron chi connectivity index (χ0n) is 25.3. The number of aliphatic hydroxyl groups is 1. The van der Waals surface area contributed by atoms with Gasteiger partial charge >= 0.3 is 12.1 Å². The summed E-state index contributed by atoms with van der Waals surface area (Å²) in [5, 5.41) is 15.9. The lowest BCUT2D eigenvalue weighted by Crippen LogP contribution is -2.41. The fraction of sp³-hybridized carbons (Fsp3) is 0.222. The van der Waals surface area contributed by atoms with Crippen molar-refractivity contribution >= 4 is 23.5 Å². The summed E-state index contributed by atoms with van der Waals surface area (Å²) < 4.78 is 10.4. The Bertz CT molecular complexity index is 1560. The molecule has 4 rings (SSSR count). The zero-order chi connectivity index (χ0) is 32.0. The maximum atomic E-state index is 13.4. The molecule has 0 fully saturated rings. The van der Waals surface area contributed by atoms with Gasteiger partial charge in [-0.2, -0.15) is 0 Å². The van der Waals surface area contributed by atoms with Crippen LogP contribution in [0.3, 0.4) is 0 Å². The highest BCUT2D eigenvalue weighted by atomic mass is 16.5. The lowest BCUT2D eigenvalue weighted by Gasteiger charge is -2.25. The molecule has 45 heavy (non-hydrogen) atoms. The number of methoxy groups -OCH3 is 1. The van der Waals surface area contributed by atoms with E-state index in [2.05, 4.69) is 15.6 Å². The molecule has 3 atom stereocenters. The smallest absolute Gasteiger partial charge is 0.408 e. The summed E-state index contributed by atoms with van der Waals surface area (Å²) in [6.45, 7) is 1.58. The van der Waals surface area contributed by atoms with Gasteiger partial charge in [0.1, 0.15) is 6.61 Å². The summed E-state index contributed by atoms with van der Waals surface area (Å²) in [7, 11) is 1.31. The maximum Gasteiger partial charge on any atom is 0.408 e. The number of nitrogens with one attached hydrogen (secondary N) is 2. The Morgan fingerprint density at radius 1 is 0.844 bits per heavy atom. The summed E-state index contributed by atoms with van der Waals surface area (Å²) in [6.07, 6.45) is 4.85. The molecule has 0 aliphatic carbocycles. The number of hydrogen-bond donors (Lipinski definition) is 3. The third-order valence-electron chi connectivity index (χ3n) is 7.18. The highest BCUT2D eigenvalue weighted by molar-refractivity contribution is 5.89. The topological polar surface area (TPSA) is 127 Å². The van der Waals surface area contributed by atoms with Crippen molar-refractivity contribution in [1.29, 1.82) is 0 Å². The Kier molecular flexibility index (Phi) is 12.0. The summed E-state index contributed by atoms with van der Waals surface area (Å²) >= 11 is 0. The van der Waals surface area contributed by atoms with E-state index in [1.807, 2.05) is 66.7 Å². The van der Waals surface area contributed by atoms with Gasteiger partial charge in [0.05, 0.1) is 37.3 Å². The van der Waals surface area contributed by atoms with E-state index in [0.717, 1.165) is 11.1 Å². The molecule has 0 radical (unpaired) electrons. The first-order chi connectivity index (χ1) is 21.9. The molecular weight excluding hydrogens is 570 g/mol. The van der Waals surface area contributed by atoms with Crippen LogP contribution >= 0.6 is 0 Å². The number of pyridine rings is 1. The minimum atomic E-state index is -0.780. The summed E-state index contributed by atoms with van der Waals surface area (Å²) in [5.74, 6) is -1.45. The molecular formula is C36H37N3O6. The molecule has 232 valence electrons. The summed E-state index contributed by atoms with van der Waals surface area (Å²) in [6, 6.07) is 27.9. The number of benzene rings is 3. The van der Waals surface area contributed by atoms with Gasteiger partial charge in [-0.15, -0.1) is 0 Å². The predicted molar refractivity (Wildman–Crippen MR) is 171 cm³/mol. The predicted octanol–water partition coefficient (Wildman–Crippen LogP) is 5.28. The van der Waals surface area contributed by atoms with Crippen molar-refractivity contribution in [2.75, 3.05) is 13.7 Å². The molecule has 4 aromatic rings. The largest absolute Gasteiger partial charge is 0.465 e. The highest BCUT2D eigenvalue weighted by Gasteiger charge is 2.25. The van der Waals surface area contributed by atoms with Gasteiger partial charge in [0.15, 0.2) is 0 Å². The average Bonchev–Trinajstić information content (AvgIpc) is 3.09. The van der Waals surface area contributed by atoms with E-state index in [0.29, 0.717) is 28.7 Å². The normalized spacial score (nSPS) is 13.2.